The molecule has 1 aromatic rings. The van der Waals surface area contributed by atoms with Gasteiger partial charge in [-0.2, -0.15) is 0 Å². The summed E-state index contributed by atoms with van der Waals surface area (Å²) in [4.78, 5) is 22.2. The minimum atomic E-state index is -0.924. The number of rotatable bonds is 6. The van der Waals surface area contributed by atoms with Crippen molar-refractivity contribution in [3.05, 3.63) is 29.8 Å². The maximum Gasteiger partial charge on any atom is 0.303 e. The number of aliphatic carboxylic acids is 1. The number of hydrogen-bond acceptors (Lipinski definition) is 3. The van der Waals surface area contributed by atoms with E-state index in [1.165, 1.54) is 7.05 Å². The number of carboxylic acids is 1. The van der Waals surface area contributed by atoms with Crippen molar-refractivity contribution in [2.75, 3.05) is 14.2 Å². The van der Waals surface area contributed by atoms with Crippen LogP contribution >= 0.6 is 0 Å². The summed E-state index contributed by atoms with van der Waals surface area (Å²) in [5.74, 6) is -0.798. The Morgan fingerprint density at radius 2 is 2.11 bits per heavy atom. The highest BCUT2D eigenvalue weighted by Crippen LogP contribution is 2.26. The average molecular weight is 251 g/mol. The molecule has 1 unspecified atom stereocenters. The highest BCUT2D eigenvalue weighted by molar-refractivity contribution is 5.78. The topological polar surface area (TPSA) is 75.6 Å². The first-order valence-electron chi connectivity index (χ1n) is 5.63. The summed E-state index contributed by atoms with van der Waals surface area (Å²) in [6, 6.07) is 7.13. The van der Waals surface area contributed by atoms with Crippen molar-refractivity contribution < 1.29 is 19.4 Å². The molecule has 1 aromatic carbocycles. The summed E-state index contributed by atoms with van der Waals surface area (Å²) in [5, 5.41) is 11.4. The normalized spacial score (nSPS) is 11.7. The zero-order valence-electron chi connectivity index (χ0n) is 10.5. The van der Waals surface area contributed by atoms with Gasteiger partial charge in [-0.25, -0.2) is 0 Å². The van der Waals surface area contributed by atoms with Crippen LogP contribution in [0.15, 0.2) is 24.3 Å². The van der Waals surface area contributed by atoms with Crippen LogP contribution in [0.1, 0.15) is 24.3 Å². The fourth-order valence-corrected chi connectivity index (χ4v) is 1.74. The monoisotopic (exact) mass is 251 g/mol. The molecule has 0 saturated heterocycles. The molecular formula is C13H17NO4. The van der Waals surface area contributed by atoms with Crippen molar-refractivity contribution in [3.8, 4) is 5.75 Å². The van der Waals surface area contributed by atoms with E-state index in [1.54, 1.807) is 31.4 Å². The molecule has 5 heteroatoms. The summed E-state index contributed by atoms with van der Waals surface area (Å²) in [6.07, 6.45) is 0.0660. The lowest BCUT2D eigenvalue weighted by molar-refractivity contribution is -0.137. The van der Waals surface area contributed by atoms with Crippen molar-refractivity contribution in [2.24, 2.45) is 0 Å². The Bertz CT molecular complexity index is 431. The molecule has 0 aliphatic rings. The van der Waals surface area contributed by atoms with Crippen LogP contribution in [0.5, 0.6) is 5.75 Å². The second-order valence-corrected chi connectivity index (χ2v) is 3.95. The van der Waals surface area contributed by atoms with Gasteiger partial charge in [-0.1, -0.05) is 12.1 Å². The zero-order valence-corrected chi connectivity index (χ0v) is 10.5. The quantitative estimate of drug-likeness (QED) is 0.801. The van der Waals surface area contributed by atoms with Crippen LogP contribution in [0.2, 0.25) is 0 Å². The van der Waals surface area contributed by atoms with Crippen LogP contribution in [0.4, 0.5) is 0 Å². The smallest absolute Gasteiger partial charge is 0.303 e. The molecule has 2 N–H and O–H groups in total. The van der Waals surface area contributed by atoms with E-state index in [-0.39, 0.29) is 24.7 Å². The molecule has 0 aliphatic carbocycles. The molecular weight excluding hydrogens is 234 g/mol. The summed E-state index contributed by atoms with van der Waals surface area (Å²) in [5.41, 5.74) is 0.792. The van der Waals surface area contributed by atoms with Crippen molar-refractivity contribution in [1.82, 2.24) is 5.32 Å². The van der Waals surface area contributed by atoms with E-state index < -0.39 is 5.97 Å². The van der Waals surface area contributed by atoms with Gasteiger partial charge in [0.15, 0.2) is 0 Å². The summed E-state index contributed by atoms with van der Waals surface area (Å²) in [6.45, 7) is 0. The molecule has 0 fully saturated rings. The van der Waals surface area contributed by atoms with Gasteiger partial charge >= 0.3 is 5.97 Å². The first kappa shape index (κ1) is 14.0. The van der Waals surface area contributed by atoms with E-state index in [0.717, 1.165) is 5.56 Å². The van der Waals surface area contributed by atoms with Gasteiger partial charge in [0.25, 0.3) is 0 Å². The van der Waals surface area contributed by atoms with Gasteiger partial charge in [0.2, 0.25) is 5.91 Å². The summed E-state index contributed by atoms with van der Waals surface area (Å²) in [7, 11) is 3.08. The Kier molecular flexibility index (Phi) is 5.17. The number of methoxy groups -OCH3 is 1. The van der Waals surface area contributed by atoms with E-state index in [4.69, 9.17) is 9.84 Å². The Labute approximate surface area is 106 Å². The van der Waals surface area contributed by atoms with Gasteiger partial charge in [-0.3, -0.25) is 9.59 Å². The molecule has 0 heterocycles. The van der Waals surface area contributed by atoms with E-state index in [2.05, 4.69) is 5.32 Å². The minimum Gasteiger partial charge on any atom is -0.497 e. The summed E-state index contributed by atoms with van der Waals surface area (Å²) < 4.78 is 5.09. The van der Waals surface area contributed by atoms with Gasteiger partial charge < -0.3 is 15.2 Å². The first-order chi connectivity index (χ1) is 8.56. The molecule has 1 rings (SSSR count). The predicted octanol–water partition coefficient (Wildman–Crippen LogP) is 1.39. The molecule has 18 heavy (non-hydrogen) atoms. The van der Waals surface area contributed by atoms with Gasteiger partial charge in [0, 0.05) is 19.4 Å². The predicted molar refractivity (Wildman–Crippen MR) is 66.7 cm³/mol. The Morgan fingerprint density at radius 1 is 1.39 bits per heavy atom. The number of hydrogen-bond donors (Lipinski definition) is 2. The molecule has 1 atom stereocenters. The van der Waals surface area contributed by atoms with Gasteiger partial charge in [-0.05, 0) is 17.7 Å². The molecule has 0 saturated carbocycles. The lowest BCUT2D eigenvalue weighted by atomic mass is 9.92. The molecule has 5 nitrogen and oxygen atoms in total. The lowest BCUT2D eigenvalue weighted by Crippen LogP contribution is -2.21. The van der Waals surface area contributed by atoms with Crippen LogP contribution in [0, 0.1) is 0 Å². The number of amides is 1. The molecule has 0 radical (unpaired) electrons. The number of ether oxygens (including phenoxy) is 1. The SMILES string of the molecule is CNC(=O)CC(CC(=O)O)c1cccc(OC)c1. The average Bonchev–Trinajstić information content (AvgIpc) is 2.37. The third kappa shape index (κ3) is 4.08. The maximum absolute atomic E-state index is 11.4. The van der Waals surface area contributed by atoms with E-state index >= 15 is 0 Å². The number of benzene rings is 1. The second-order valence-electron chi connectivity index (χ2n) is 3.95. The van der Waals surface area contributed by atoms with Crippen LogP contribution < -0.4 is 10.1 Å². The van der Waals surface area contributed by atoms with Crippen LogP contribution in [0.3, 0.4) is 0 Å². The van der Waals surface area contributed by atoms with Gasteiger partial charge in [0.1, 0.15) is 5.75 Å². The Hall–Kier alpha value is -2.04. The number of carbonyl (C=O) groups is 2. The lowest BCUT2D eigenvalue weighted by Gasteiger charge is -2.15. The van der Waals surface area contributed by atoms with Crippen molar-refractivity contribution >= 4 is 11.9 Å². The van der Waals surface area contributed by atoms with E-state index in [0.29, 0.717) is 5.75 Å². The maximum atomic E-state index is 11.4. The van der Waals surface area contributed by atoms with Gasteiger partial charge in [0.05, 0.1) is 13.5 Å². The molecule has 0 bridgehead atoms. The Morgan fingerprint density at radius 3 is 2.67 bits per heavy atom. The standard InChI is InChI=1S/C13H17NO4/c1-14-12(15)7-10(8-13(16)17)9-4-3-5-11(6-9)18-2/h3-6,10H,7-8H2,1-2H3,(H,14,15)(H,16,17). The molecule has 98 valence electrons. The highest BCUT2D eigenvalue weighted by atomic mass is 16.5. The second kappa shape index (κ2) is 6.64. The van der Waals surface area contributed by atoms with Gasteiger partial charge in [-0.15, -0.1) is 0 Å². The minimum absolute atomic E-state index is 0.0828. The molecule has 0 aromatic heterocycles. The van der Waals surface area contributed by atoms with Crippen LogP contribution in [0.25, 0.3) is 0 Å². The van der Waals surface area contributed by atoms with Crippen LogP contribution in [-0.4, -0.2) is 31.1 Å². The first-order valence-corrected chi connectivity index (χ1v) is 5.63. The fourth-order valence-electron chi connectivity index (χ4n) is 1.74. The van der Waals surface area contributed by atoms with Crippen molar-refractivity contribution in [1.29, 1.82) is 0 Å². The van der Waals surface area contributed by atoms with Crippen molar-refractivity contribution in [2.45, 2.75) is 18.8 Å². The largest absolute Gasteiger partial charge is 0.497 e. The molecule has 1 amide bonds. The Balaban J connectivity index is 2.92. The zero-order chi connectivity index (χ0) is 13.5. The highest BCUT2D eigenvalue weighted by Gasteiger charge is 2.19. The summed E-state index contributed by atoms with van der Waals surface area (Å²) >= 11 is 0. The number of carbonyl (C=O) groups excluding carboxylic acids is 1. The van der Waals surface area contributed by atoms with Crippen LogP contribution in [-0.2, 0) is 9.59 Å². The van der Waals surface area contributed by atoms with E-state index in [9.17, 15) is 9.59 Å². The number of nitrogens with one attached hydrogen (secondary N) is 1. The molecule has 0 aliphatic heterocycles. The van der Waals surface area contributed by atoms with E-state index in [1.807, 2.05) is 0 Å². The fraction of sp³-hybridized carbons (Fsp3) is 0.385. The number of carboxylic acid groups (broad SMARTS) is 1. The third-order valence-corrected chi connectivity index (χ3v) is 2.70. The van der Waals surface area contributed by atoms with Crippen molar-refractivity contribution in [3.63, 3.8) is 0 Å². The molecule has 0 spiro atoms. The third-order valence-electron chi connectivity index (χ3n) is 2.70.